The van der Waals surface area contributed by atoms with Crippen LogP contribution in [-0.2, 0) is 6.54 Å². The Hall–Kier alpha value is -2.05. The fourth-order valence-corrected chi connectivity index (χ4v) is 5.04. The summed E-state index contributed by atoms with van der Waals surface area (Å²) in [6, 6.07) is 13.5. The van der Waals surface area contributed by atoms with Crippen molar-refractivity contribution in [3.05, 3.63) is 52.2 Å². The smallest absolute Gasteiger partial charge is 0.191 e. The van der Waals surface area contributed by atoms with Crippen molar-refractivity contribution in [2.45, 2.75) is 32.4 Å². The first kappa shape index (κ1) is 21.7. The summed E-state index contributed by atoms with van der Waals surface area (Å²) in [7, 11) is 6.39. The molecule has 3 rings (SSSR count). The molecule has 2 aromatic rings. The fourth-order valence-electron chi connectivity index (χ4n) is 4.06. The van der Waals surface area contributed by atoms with Crippen LogP contribution in [0.5, 0.6) is 0 Å². The number of benzene rings is 1. The average Bonchev–Trinajstić information content (AvgIpc) is 3.24. The molecule has 1 aliphatic heterocycles. The number of likely N-dealkylation sites (tertiary alicyclic amines) is 1. The lowest BCUT2D eigenvalue weighted by molar-refractivity contribution is 0.125. The highest BCUT2D eigenvalue weighted by molar-refractivity contribution is 7.10. The zero-order chi connectivity index (χ0) is 20.6. The number of hydrogen-bond donors (Lipinski definition) is 2. The zero-order valence-corrected chi connectivity index (χ0v) is 19.0. The van der Waals surface area contributed by atoms with Gasteiger partial charge in [0.15, 0.2) is 5.96 Å². The molecule has 0 saturated carbocycles. The lowest BCUT2D eigenvalue weighted by Crippen LogP contribution is -2.44. The second-order valence-electron chi connectivity index (χ2n) is 7.98. The molecule has 0 radical (unpaired) electrons. The van der Waals surface area contributed by atoms with Gasteiger partial charge < -0.3 is 15.5 Å². The zero-order valence-electron chi connectivity index (χ0n) is 18.2. The van der Waals surface area contributed by atoms with E-state index in [2.05, 4.69) is 90.3 Å². The molecule has 1 saturated heterocycles. The largest absolute Gasteiger partial charge is 0.378 e. The highest BCUT2D eigenvalue weighted by Crippen LogP contribution is 2.36. The van der Waals surface area contributed by atoms with Crippen LogP contribution in [0, 0.1) is 5.92 Å². The topological polar surface area (TPSA) is 42.9 Å². The molecule has 158 valence electrons. The van der Waals surface area contributed by atoms with E-state index in [4.69, 9.17) is 4.99 Å². The van der Waals surface area contributed by atoms with E-state index in [0.717, 1.165) is 19.0 Å². The molecule has 0 spiro atoms. The van der Waals surface area contributed by atoms with Gasteiger partial charge in [0.25, 0.3) is 0 Å². The number of hydrogen-bond acceptors (Lipinski definition) is 4. The molecule has 1 aromatic carbocycles. The Morgan fingerprint density at radius 3 is 2.83 bits per heavy atom. The monoisotopic (exact) mass is 413 g/mol. The van der Waals surface area contributed by atoms with E-state index in [-0.39, 0.29) is 0 Å². The molecule has 2 unspecified atom stereocenters. The number of anilines is 1. The molecule has 1 aliphatic rings. The van der Waals surface area contributed by atoms with Gasteiger partial charge in [-0.2, -0.15) is 0 Å². The number of nitrogens with zero attached hydrogens (tertiary/aromatic N) is 3. The third-order valence-corrected chi connectivity index (χ3v) is 6.51. The quantitative estimate of drug-likeness (QED) is 0.533. The third kappa shape index (κ3) is 5.97. The van der Waals surface area contributed by atoms with Crippen molar-refractivity contribution in [3.63, 3.8) is 0 Å². The van der Waals surface area contributed by atoms with E-state index >= 15 is 0 Å². The Morgan fingerprint density at radius 2 is 2.10 bits per heavy atom. The molecule has 29 heavy (non-hydrogen) atoms. The van der Waals surface area contributed by atoms with Crippen molar-refractivity contribution < 1.29 is 0 Å². The molecule has 0 amide bonds. The summed E-state index contributed by atoms with van der Waals surface area (Å²) in [5, 5.41) is 9.22. The van der Waals surface area contributed by atoms with Crippen LogP contribution >= 0.6 is 11.3 Å². The van der Waals surface area contributed by atoms with Crippen LogP contribution in [0.2, 0.25) is 0 Å². The van der Waals surface area contributed by atoms with Gasteiger partial charge in [-0.25, -0.2) is 4.99 Å². The molecule has 0 aliphatic carbocycles. The minimum Gasteiger partial charge on any atom is -0.378 e. The van der Waals surface area contributed by atoms with Crippen molar-refractivity contribution in [2.75, 3.05) is 45.7 Å². The van der Waals surface area contributed by atoms with Crippen molar-refractivity contribution >= 4 is 23.0 Å². The van der Waals surface area contributed by atoms with Crippen LogP contribution in [0.15, 0.2) is 46.8 Å². The molecular weight excluding hydrogens is 378 g/mol. The number of thiophene rings is 1. The lowest BCUT2D eigenvalue weighted by Gasteiger charge is -2.39. The second kappa shape index (κ2) is 10.6. The van der Waals surface area contributed by atoms with E-state index in [0.29, 0.717) is 18.5 Å². The first-order valence-electron chi connectivity index (χ1n) is 10.6. The van der Waals surface area contributed by atoms with E-state index in [1.807, 2.05) is 11.3 Å². The minimum atomic E-state index is 0.496. The van der Waals surface area contributed by atoms with Gasteiger partial charge >= 0.3 is 0 Å². The summed E-state index contributed by atoms with van der Waals surface area (Å²) >= 11 is 1.87. The first-order valence-corrected chi connectivity index (χ1v) is 11.5. The normalized spacial score (nSPS) is 20.5. The average molecular weight is 414 g/mol. The van der Waals surface area contributed by atoms with E-state index < -0.39 is 0 Å². The van der Waals surface area contributed by atoms with Gasteiger partial charge in [-0.05, 0) is 68.4 Å². The predicted octanol–water partition coefficient (Wildman–Crippen LogP) is 3.95. The van der Waals surface area contributed by atoms with Gasteiger partial charge in [0.2, 0.25) is 0 Å². The van der Waals surface area contributed by atoms with Crippen LogP contribution in [0.25, 0.3) is 0 Å². The lowest BCUT2D eigenvalue weighted by atomic mass is 9.88. The Balaban J connectivity index is 1.65. The van der Waals surface area contributed by atoms with E-state index in [1.54, 1.807) is 0 Å². The molecule has 1 aromatic heterocycles. The molecule has 2 N–H and O–H groups in total. The van der Waals surface area contributed by atoms with Crippen molar-refractivity contribution in [3.8, 4) is 0 Å². The maximum atomic E-state index is 4.84. The number of nitrogens with one attached hydrogen (secondary N) is 2. The van der Waals surface area contributed by atoms with Gasteiger partial charge in [0, 0.05) is 43.8 Å². The predicted molar refractivity (Wildman–Crippen MR) is 126 cm³/mol. The van der Waals surface area contributed by atoms with Crippen LogP contribution in [-0.4, -0.2) is 51.6 Å². The van der Waals surface area contributed by atoms with Gasteiger partial charge in [0.05, 0.1) is 6.54 Å². The fraction of sp³-hybridized carbons (Fsp3) is 0.522. The molecule has 5 nitrogen and oxygen atoms in total. The Bertz CT molecular complexity index is 771. The Morgan fingerprint density at radius 1 is 1.24 bits per heavy atom. The molecule has 2 heterocycles. The summed E-state index contributed by atoms with van der Waals surface area (Å²) in [5.74, 6) is 1.49. The summed E-state index contributed by atoms with van der Waals surface area (Å²) in [4.78, 5) is 11.0. The SMILES string of the molecule is CCNC(=NCc1cccc(N(C)C)c1)NCC1CCCN(C)C1c1cccs1. The Kier molecular flexibility index (Phi) is 7.95. The summed E-state index contributed by atoms with van der Waals surface area (Å²) in [6.45, 7) is 5.77. The van der Waals surface area contributed by atoms with Crippen LogP contribution in [0.1, 0.15) is 36.2 Å². The standard InChI is InChI=1S/C23H35N5S/c1-5-24-23(25-16-18-9-6-11-20(15-18)27(2)3)26-17-19-10-7-13-28(4)22(19)21-12-8-14-29-21/h6,8-9,11-12,14-15,19,22H,5,7,10,13,16-17H2,1-4H3,(H2,24,25,26). The van der Waals surface area contributed by atoms with Crippen molar-refractivity contribution in [1.82, 2.24) is 15.5 Å². The Labute approximate surface area is 179 Å². The van der Waals surface area contributed by atoms with Crippen LogP contribution in [0.4, 0.5) is 5.69 Å². The third-order valence-electron chi connectivity index (χ3n) is 5.56. The number of guanidine groups is 1. The van der Waals surface area contributed by atoms with E-state index in [9.17, 15) is 0 Å². The van der Waals surface area contributed by atoms with E-state index in [1.165, 1.54) is 35.5 Å². The first-order chi connectivity index (χ1) is 14.1. The summed E-state index contributed by atoms with van der Waals surface area (Å²) in [6.07, 6.45) is 2.51. The number of aliphatic imine (C=N–C) groups is 1. The minimum absolute atomic E-state index is 0.496. The maximum absolute atomic E-state index is 4.84. The van der Waals surface area contributed by atoms with Crippen LogP contribution in [0.3, 0.4) is 0 Å². The molecular formula is C23H35N5S. The molecule has 0 bridgehead atoms. The summed E-state index contributed by atoms with van der Waals surface area (Å²) < 4.78 is 0. The summed E-state index contributed by atoms with van der Waals surface area (Å²) in [5.41, 5.74) is 2.43. The van der Waals surface area contributed by atoms with Crippen molar-refractivity contribution in [2.24, 2.45) is 10.9 Å². The van der Waals surface area contributed by atoms with Gasteiger partial charge in [0.1, 0.15) is 0 Å². The molecule has 2 atom stereocenters. The second-order valence-corrected chi connectivity index (χ2v) is 8.96. The maximum Gasteiger partial charge on any atom is 0.191 e. The number of piperidine rings is 1. The van der Waals surface area contributed by atoms with Gasteiger partial charge in [-0.3, -0.25) is 4.90 Å². The highest BCUT2D eigenvalue weighted by atomic mass is 32.1. The number of rotatable bonds is 7. The van der Waals surface area contributed by atoms with Gasteiger partial charge in [-0.15, -0.1) is 11.3 Å². The highest BCUT2D eigenvalue weighted by Gasteiger charge is 2.31. The molecule has 6 heteroatoms. The van der Waals surface area contributed by atoms with Gasteiger partial charge in [-0.1, -0.05) is 18.2 Å². The van der Waals surface area contributed by atoms with Crippen LogP contribution < -0.4 is 15.5 Å². The molecule has 1 fully saturated rings. The van der Waals surface area contributed by atoms with Crippen molar-refractivity contribution in [1.29, 1.82) is 0 Å².